The Labute approximate surface area is 182 Å². The van der Waals surface area contributed by atoms with Gasteiger partial charge in [-0.15, -0.1) is 0 Å². The van der Waals surface area contributed by atoms with E-state index in [0.717, 1.165) is 5.56 Å². The second-order valence-corrected chi connectivity index (χ2v) is 8.35. The lowest BCUT2D eigenvalue weighted by molar-refractivity contribution is -0.155. The maximum Gasteiger partial charge on any atom is 0.408 e. The van der Waals surface area contributed by atoms with Crippen molar-refractivity contribution in [2.75, 3.05) is 0 Å². The molecule has 0 saturated heterocycles. The average Bonchev–Trinajstić information content (AvgIpc) is 2.65. The molecule has 0 bridgehead atoms. The van der Waals surface area contributed by atoms with Crippen LogP contribution in [-0.4, -0.2) is 29.8 Å². The third-order valence-electron chi connectivity index (χ3n) is 4.00. The largest absolute Gasteiger partial charge is 0.482 e. The van der Waals surface area contributed by atoms with Gasteiger partial charge in [-0.25, -0.2) is 9.59 Å². The predicted octanol–water partition coefficient (Wildman–Crippen LogP) is 5.31. The van der Waals surface area contributed by atoms with Crippen LogP contribution >= 0.6 is 11.6 Å². The molecule has 2 rings (SSSR count). The van der Waals surface area contributed by atoms with E-state index in [1.165, 1.54) is 6.92 Å². The topological polar surface area (TPSA) is 73.9 Å². The molecular formula is C23H28ClNO5. The van der Waals surface area contributed by atoms with Crippen LogP contribution in [-0.2, 0) is 14.3 Å². The zero-order valence-corrected chi connectivity index (χ0v) is 18.6. The van der Waals surface area contributed by atoms with Crippen LogP contribution in [0.15, 0.2) is 54.6 Å². The van der Waals surface area contributed by atoms with Crippen molar-refractivity contribution in [2.24, 2.45) is 0 Å². The summed E-state index contributed by atoms with van der Waals surface area (Å²) < 4.78 is 16.9. The third-order valence-corrected chi connectivity index (χ3v) is 4.24. The molecule has 1 N–H and O–H groups in total. The van der Waals surface area contributed by atoms with Gasteiger partial charge in [0.25, 0.3) is 0 Å². The summed E-state index contributed by atoms with van der Waals surface area (Å²) in [5.41, 5.74) is 0.176. The number of alkyl carbamates (subject to hydrolysis) is 1. The first-order valence-corrected chi connectivity index (χ1v) is 10.1. The van der Waals surface area contributed by atoms with Crippen LogP contribution in [0.3, 0.4) is 0 Å². The van der Waals surface area contributed by atoms with Crippen LogP contribution in [0, 0.1) is 0 Å². The van der Waals surface area contributed by atoms with Gasteiger partial charge in [0, 0.05) is 5.02 Å². The summed E-state index contributed by atoms with van der Waals surface area (Å²) in [5, 5.41) is 3.02. The first-order chi connectivity index (χ1) is 14.0. The van der Waals surface area contributed by atoms with E-state index >= 15 is 0 Å². The highest BCUT2D eigenvalue weighted by Gasteiger charge is 2.28. The Balaban J connectivity index is 2.09. The molecule has 0 heterocycles. The summed E-state index contributed by atoms with van der Waals surface area (Å²) in [6, 6.07) is 15.6. The number of carbonyl (C=O) groups excluding carboxylic acids is 2. The number of halogens is 1. The molecule has 162 valence electrons. The van der Waals surface area contributed by atoms with Crippen LogP contribution in [0.5, 0.6) is 5.75 Å². The maximum absolute atomic E-state index is 12.5. The maximum atomic E-state index is 12.5. The van der Waals surface area contributed by atoms with Gasteiger partial charge in [0.05, 0.1) is 0 Å². The number of hydrogen-bond acceptors (Lipinski definition) is 5. The van der Waals surface area contributed by atoms with E-state index < -0.39 is 35.9 Å². The van der Waals surface area contributed by atoms with Crippen LogP contribution in [0.25, 0.3) is 0 Å². The Kier molecular flexibility index (Phi) is 8.12. The number of esters is 1. The highest BCUT2D eigenvalue weighted by molar-refractivity contribution is 6.30. The summed E-state index contributed by atoms with van der Waals surface area (Å²) in [6.07, 6.45) is -1.89. The number of hydrogen-bond donors (Lipinski definition) is 1. The van der Waals surface area contributed by atoms with E-state index in [1.54, 1.807) is 52.0 Å². The van der Waals surface area contributed by atoms with E-state index in [2.05, 4.69) is 5.32 Å². The Morgan fingerprint density at radius 1 is 1.00 bits per heavy atom. The lowest BCUT2D eigenvalue weighted by atomic mass is 10.0. The van der Waals surface area contributed by atoms with E-state index in [4.69, 9.17) is 25.8 Å². The minimum absolute atomic E-state index is 0.541. The van der Waals surface area contributed by atoms with Crippen molar-refractivity contribution in [1.29, 1.82) is 0 Å². The fourth-order valence-corrected chi connectivity index (χ4v) is 2.84. The SMILES string of the molecule is C[C@H](NC(=O)OC(C)(C)C)C(=O)O[C@@H](C)[C@H](Oc1cccc(Cl)c1)c1ccccc1. The molecule has 2 aromatic rings. The standard InChI is InChI=1S/C23H28ClNO5/c1-15(25-22(27)30-23(3,4)5)21(26)28-16(2)20(17-10-7-6-8-11-17)29-19-13-9-12-18(24)14-19/h6-16,20H,1-5H3,(H,25,27)/t15-,16-,20-/m0/s1. The minimum atomic E-state index is -0.884. The zero-order chi connectivity index (χ0) is 22.3. The van der Waals surface area contributed by atoms with Crippen molar-refractivity contribution in [1.82, 2.24) is 5.32 Å². The van der Waals surface area contributed by atoms with Gasteiger partial charge in [0.1, 0.15) is 23.5 Å². The monoisotopic (exact) mass is 433 g/mol. The first-order valence-electron chi connectivity index (χ1n) is 9.72. The van der Waals surface area contributed by atoms with Crippen LogP contribution in [0.2, 0.25) is 5.02 Å². The Morgan fingerprint density at radius 2 is 1.67 bits per heavy atom. The molecule has 7 heteroatoms. The molecule has 6 nitrogen and oxygen atoms in total. The van der Waals surface area contributed by atoms with Gasteiger partial charge in [0.2, 0.25) is 0 Å². The summed E-state index contributed by atoms with van der Waals surface area (Å²) in [6.45, 7) is 8.51. The fourth-order valence-electron chi connectivity index (χ4n) is 2.65. The Morgan fingerprint density at radius 3 is 2.27 bits per heavy atom. The van der Waals surface area contributed by atoms with Crippen molar-refractivity contribution >= 4 is 23.7 Å². The molecule has 0 aliphatic rings. The quantitative estimate of drug-likeness (QED) is 0.599. The molecule has 0 aliphatic carbocycles. The summed E-state index contributed by atoms with van der Waals surface area (Å²) in [5.74, 6) is -0.0387. The second kappa shape index (κ2) is 10.3. The lowest BCUT2D eigenvalue weighted by Gasteiger charge is -2.27. The van der Waals surface area contributed by atoms with Gasteiger partial charge in [-0.1, -0.05) is 48.0 Å². The number of nitrogens with one attached hydrogen (secondary N) is 1. The highest BCUT2D eigenvalue weighted by atomic mass is 35.5. The molecule has 0 fully saturated rings. The van der Waals surface area contributed by atoms with E-state index in [0.29, 0.717) is 10.8 Å². The van der Waals surface area contributed by atoms with Crippen LogP contribution in [0.4, 0.5) is 4.79 Å². The normalized spacial score (nSPS) is 14.2. The number of ether oxygens (including phenoxy) is 3. The van der Waals surface area contributed by atoms with Gasteiger partial charge in [0.15, 0.2) is 6.10 Å². The first kappa shape index (κ1) is 23.5. The fraction of sp³-hybridized carbons (Fsp3) is 0.391. The molecule has 30 heavy (non-hydrogen) atoms. The van der Waals surface area contributed by atoms with Gasteiger partial charge < -0.3 is 19.5 Å². The number of amides is 1. The second-order valence-electron chi connectivity index (χ2n) is 7.92. The predicted molar refractivity (Wildman–Crippen MR) is 116 cm³/mol. The number of carbonyl (C=O) groups is 2. The number of benzene rings is 2. The van der Waals surface area contributed by atoms with E-state index in [1.807, 2.05) is 30.3 Å². The van der Waals surface area contributed by atoms with Crippen LogP contribution in [0.1, 0.15) is 46.3 Å². The average molecular weight is 434 g/mol. The van der Waals surface area contributed by atoms with Crippen molar-refractivity contribution in [3.63, 3.8) is 0 Å². The molecule has 0 radical (unpaired) electrons. The molecule has 0 aromatic heterocycles. The molecule has 3 atom stereocenters. The molecular weight excluding hydrogens is 406 g/mol. The highest BCUT2D eigenvalue weighted by Crippen LogP contribution is 2.28. The molecule has 1 amide bonds. The van der Waals surface area contributed by atoms with Crippen LogP contribution < -0.4 is 10.1 Å². The van der Waals surface area contributed by atoms with Crippen molar-refractivity contribution in [3.8, 4) is 5.75 Å². The molecule has 0 spiro atoms. The van der Waals surface area contributed by atoms with Gasteiger partial charge in [-0.05, 0) is 58.4 Å². The number of rotatable bonds is 7. The van der Waals surface area contributed by atoms with Gasteiger partial charge in [-0.3, -0.25) is 0 Å². The summed E-state index contributed by atoms with van der Waals surface area (Å²) >= 11 is 6.06. The molecule has 2 aromatic carbocycles. The smallest absolute Gasteiger partial charge is 0.408 e. The third kappa shape index (κ3) is 7.59. The van der Waals surface area contributed by atoms with E-state index in [9.17, 15) is 9.59 Å². The Hall–Kier alpha value is -2.73. The lowest BCUT2D eigenvalue weighted by Crippen LogP contribution is -2.43. The van der Waals surface area contributed by atoms with Crippen molar-refractivity contribution in [2.45, 2.75) is 58.5 Å². The summed E-state index contributed by atoms with van der Waals surface area (Å²) in [7, 11) is 0. The molecule has 0 aliphatic heterocycles. The molecule has 0 unspecified atom stereocenters. The zero-order valence-electron chi connectivity index (χ0n) is 17.8. The summed E-state index contributed by atoms with van der Waals surface area (Å²) in [4.78, 5) is 24.4. The minimum Gasteiger partial charge on any atom is -0.482 e. The van der Waals surface area contributed by atoms with E-state index in [-0.39, 0.29) is 0 Å². The van der Waals surface area contributed by atoms with Crippen molar-refractivity contribution < 1.29 is 23.8 Å². The van der Waals surface area contributed by atoms with Crippen molar-refractivity contribution in [3.05, 3.63) is 65.2 Å². The molecule has 0 saturated carbocycles. The van der Waals surface area contributed by atoms with Gasteiger partial charge >= 0.3 is 12.1 Å². The van der Waals surface area contributed by atoms with Gasteiger partial charge in [-0.2, -0.15) is 0 Å². The Bertz CT molecular complexity index is 850.